The number of halogens is 1. The van der Waals surface area contributed by atoms with E-state index in [2.05, 4.69) is 5.32 Å². The van der Waals surface area contributed by atoms with Crippen LogP contribution in [0.5, 0.6) is 0 Å². The fourth-order valence-corrected chi connectivity index (χ4v) is 1.46. The first-order chi connectivity index (χ1) is 8.00. The van der Waals surface area contributed by atoms with Crippen LogP contribution < -0.4 is 5.32 Å². The van der Waals surface area contributed by atoms with Crippen LogP contribution in [0.2, 0.25) is 0 Å². The molecular formula is C13H20FNO2. The summed E-state index contributed by atoms with van der Waals surface area (Å²) in [7, 11) is 0. The third-order valence-corrected chi connectivity index (χ3v) is 2.95. The molecule has 1 aromatic rings. The van der Waals surface area contributed by atoms with Gasteiger partial charge in [-0.15, -0.1) is 0 Å². The molecule has 0 saturated carbocycles. The molecule has 0 aliphatic rings. The minimum atomic E-state index is -0.554. The van der Waals surface area contributed by atoms with E-state index in [0.717, 1.165) is 5.56 Å². The van der Waals surface area contributed by atoms with Crippen LogP contribution in [0.4, 0.5) is 4.39 Å². The monoisotopic (exact) mass is 241 g/mol. The molecule has 0 saturated heterocycles. The van der Waals surface area contributed by atoms with Gasteiger partial charge in [0, 0.05) is 18.0 Å². The highest BCUT2D eigenvalue weighted by atomic mass is 19.1. The van der Waals surface area contributed by atoms with Gasteiger partial charge in [0.05, 0.1) is 13.2 Å². The van der Waals surface area contributed by atoms with Crippen molar-refractivity contribution in [2.45, 2.75) is 19.9 Å². The SMILES string of the molecule is C[C@@H](NCC(C)(CO)CO)c1cccc(F)c1. The predicted octanol–water partition coefficient (Wildman–Crippen LogP) is 1.47. The molecule has 3 nitrogen and oxygen atoms in total. The molecule has 4 heteroatoms. The minimum Gasteiger partial charge on any atom is -0.396 e. The fourth-order valence-electron chi connectivity index (χ4n) is 1.46. The van der Waals surface area contributed by atoms with E-state index in [-0.39, 0.29) is 25.1 Å². The van der Waals surface area contributed by atoms with Crippen molar-refractivity contribution in [3.63, 3.8) is 0 Å². The Kier molecular flexibility index (Phi) is 5.05. The molecule has 0 bridgehead atoms. The van der Waals surface area contributed by atoms with E-state index in [4.69, 9.17) is 10.2 Å². The van der Waals surface area contributed by atoms with Gasteiger partial charge in [-0.1, -0.05) is 19.1 Å². The lowest BCUT2D eigenvalue weighted by molar-refractivity contribution is 0.0677. The molecule has 1 atom stereocenters. The van der Waals surface area contributed by atoms with Crippen LogP contribution in [0.3, 0.4) is 0 Å². The van der Waals surface area contributed by atoms with E-state index in [1.54, 1.807) is 13.0 Å². The zero-order chi connectivity index (χ0) is 12.9. The Hall–Kier alpha value is -0.970. The lowest BCUT2D eigenvalue weighted by Crippen LogP contribution is -2.38. The molecule has 96 valence electrons. The van der Waals surface area contributed by atoms with E-state index in [9.17, 15) is 4.39 Å². The number of benzene rings is 1. The van der Waals surface area contributed by atoms with Crippen molar-refractivity contribution >= 4 is 0 Å². The van der Waals surface area contributed by atoms with Gasteiger partial charge in [-0.25, -0.2) is 4.39 Å². The summed E-state index contributed by atoms with van der Waals surface area (Å²) in [5, 5.41) is 21.5. The van der Waals surface area contributed by atoms with Gasteiger partial charge in [-0.2, -0.15) is 0 Å². The van der Waals surface area contributed by atoms with Crippen LogP contribution in [-0.4, -0.2) is 30.0 Å². The Labute approximate surface area is 101 Å². The number of aliphatic hydroxyl groups excluding tert-OH is 2. The van der Waals surface area contributed by atoms with Gasteiger partial charge in [-0.05, 0) is 24.6 Å². The molecular weight excluding hydrogens is 221 g/mol. The van der Waals surface area contributed by atoms with Gasteiger partial charge in [0.2, 0.25) is 0 Å². The Morgan fingerprint density at radius 1 is 1.35 bits per heavy atom. The predicted molar refractivity (Wildman–Crippen MR) is 65.1 cm³/mol. The number of aliphatic hydroxyl groups is 2. The topological polar surface area (TPSA) is 52.5 Å². The normalized spacial score (nSPS) is 13.7. The summed E-state index contributed by atoms with van der Waals surface area (Å²) in [6.07, 6.45) is 0. The number of hydrogen-bond donors (Lipinski definition) is 3. The largest absolute Gasteiger partial charge is 0.396 e. The summed E-state index contributed by atoms with van der Waals surface area (Å²) in [4.78, 5) is 0. The molecule has 0 unspecified atom stereocenters. The summed E-state index contributed by atoms with van der Waals surface area (Å²) in [5.74, 6) is -0.261. The molecule has 3 N–H and O–H groups in total. The maximum absolute atomic E-state index is 13.0. The average Bonchev–Trinajstić information content (AvgIpc) is 2.35. The molecule has 17 heavy (non-hydrogen) atoms. The van der Waals surface area contributed by atoms with Crippen molar-refractivity contribution in [3.05, 3.63) is 35.6 Å². The zero-order valence-corrected chi connectivity index (χ0v) is 10.3. The quantitative estimate of drug-likeness (QED) is 0.707. The molecule has 0 fully saturated rings. The van der Waals surface area contributed by atoms with Crippen LogP contribution in [0.25, 0.3) is 0 Å². The van der Waals surface area contributed by atoms with E-state index in [0.29, 0.717) is 6.54 Å². The van der Waals surface area contributed by atoms with Gasteiger partial charge < -0.3 is 15.5 Å². The van der Waals surface area contributed by atoms with Crippen molar-refractivity contribution in [2.75, 3.05) is 19.8 Å². The second-order valence-electron chi connectivity index (χ2n) is 4.78. The minimum absolute atomic E-state index is 0.0249. The molecule has 1 aromatic carbocycles. The Morgan fingerprint density at radius 2 is 2.00 bits per heavy atom. The Morgan fingerprint density at radius 3 is 2.53 bits per heavy atom. The Balaban J connectivity index is 2.58. The third-order valence-electron chi connectivity index (χ3n) is 2.95. The second-order valence-corrected chi connectivity index (χ2v) is 4.78. The summed E-state index contributed by atoms with van der Waals surface area (Å²) in [6.45, 7) is 4.00. The van der Waals surface area contributed by atoms with Crippen LogP contribution in [-0.2, 0) is 0 Å². The maximum atomic E-state index is 13.0. The Bertz CT molecular complexity index is 353. The van der Waals surface area contributed by atoms with Crippen molar-refractivity contribution in [2.24, 2.45) is 5.41 Å². The number of hydrogen-bond acceptors (Lipinski definition) is 3. The summed E-state index contributed by atoms with van der Waals surface area (Å²) in [5.41, 5.74) is 0.296. The van der Waals surface area contributed by atoms with Crippen LogP contribution in [0.15, 0.2) is 24.3 Å². The molecule has 0 heterocycles. The molecule has 0 radical (unpaired) electrons. The highest BCUT2D eigenvalue weighted by Crippen LogP contribution is 2.17. The highest BCUT2D eigenvalue weighted by molar-refractivity contribution is 5.19. The van der Waals surface area contributed by atoms with Crippen molar-refractivity contribution in [1.82, 2.24) is 5.32 Å². The second kappa shape index (κ2) is 6.10. The van der Waals surface area contributed by atoms with E-state index in [1.165, 1.54) is 12.1 Å². The van der Waals surface area contributed by atoms with Crippen molar-refractivity contribution in [1.29, 1.82) is 0 Å². The molecule has 0 amide bonds. The van der Waals surface area contributed by atoms with Gasteiger partial charge in [0.1, 0.15) is 5.82 Å². The van der Waals surface area contributed by atoms with Crippen LogP contribution in [0, 0.1) is 11.2 Å². The van der Waals surface area contributed by atoms with E-state index < -0.39 is 5.41 Å². The molecule has 0 aromatic heterocycles. The summed E-state index contributed by atoms with van der Waals surface area (Å²) >= 11 is 0. The number of nitrogens with one attached hydrogen (secondary N) is 1. The highest BCUT2D eigenvalue weighted by Gasteiger charge is 2.23. The van der Waals surface area contributed by atoms with Gasteiger partial charge >= 0.3 is 0 Å². The van der Waals surface area contributed by atoms with Crippen molar-refractivity contribution < 1.29 is 14.6 Å². The van der Waals surface area contributed by atoms with Crippen molar-refractivity contribution in [3.8, 4) is 0 Å². The van der Waals surface area contributed by atoms with Crippen LogP contribution >= 0.6 is 0 Å². The molecule has 0 spiro atoms. The first-order valence-corrected chi connectivity index (χ1v) is 5.71. The lowest BCUT2D eigenvalue weighted by atomic mass is 9.92. The maximum Gasteiger partial charge on any atom is 0.123 e. The van der Waals surface area contributed by atoms with Gasteiger partial charge in [-0.3, -0.25) is 0 Å². The van der Waals surface area contributed by atoms with E-state index >= 15 is 0 Å². The van der Waals surface area contributed by atoms with E-state index in [1.807, 2.05) is 13.0 Å². The first kappa shape index (κ1) is 14.1. The molecule has 0 aliphatic heterocycles. The van der Waals surface area contributed by atoms with Gasteiger partial charge in [0.25, 0.3) is 0 Å². The standard InChI is InChI=1S/C13H20FNO2/c1-10(11-4-3-5-12(14)6-11)15-7-13(2,8-16)9-17/h3-6,10,15-17H,7-9H2,1-2H3/t10-/m1/s1. The van der Waals surface area contributed by atoms with Gasteiger partial charge in [0.15, 0.2) is 0 Å². The number of rotatable bonds is 6. The fraction of sp³-hybridized carbons (Fsp3) is 0.538. The summed E-state index contributed by atoms with van der Waals surface area (Å²) < 4.78 is 13.0. The molecule has 1 rings (SSSR count). The third kappa shape index (κ3) is 4.07. The molecule has 0 aliphatic carbocycles. The first-order valence-electron chi connectivity index (χ1n) is 5.71. The average molecular weight is 241 g/mol. The smallest absolute Gasteiger partial charge is 0.123 e. The lowest BCUT2D eigenvalue weighted by Gasteiger charge is -2.27. The summed E-state index contributed by atoms with van der Waals surface area (Å²) in [6, 6.07) is 6.37. The van der Waals surface area contributed by atoms with Crippen LogP contribution in [0.1, 0.15) is 25.5 Å². The zero-order valence-electron chi connectivity index (χ0n) is 10.3.